The molecule has 3 rings (SSSR count). The van der Waals surface area contributed by atoms with Crippen LogP contribution >= 0.6 is 11.6 Å². The van der Waals surface area contributed by atoms with Crippen molar-refractivity contribution < 1.29 is 23.0 Å². The Morgan fingerprint density at radius 3 is 2.70 bits per heavy atom. The zero-order valence-corrected chi connectivity index (χ0v) is 18.6. The molecule has 0 amide bonds. The number of rotatable bonds is 8. The van der Waals surface area contributed by atoms with Crippen LogP contribution in [-0.4, -0.2) is 70.7 Å². The molecule has 2 aromatic carbocycles. The van der Waals surface area contributed by atoms with E-state index in [9.17, 15) is 13.5 Å². The highest BCUT2D eigenvalue weighted by Crippen LogP contribution is 2.25. The number of halogens is 1. The third-order valence-corrected chi connectivity index (χ3v) is 6.42. The van der Waals surface area contributed by atoms with Gasteiger partial charge in [0.15, 0.2) is 0 Å². The first-order chi connectivity index (χ1) is 14.2. The van der Waals surface area contributed by atoms with E-state index in [0.717, 1.165) is 18.4 Å². The van der Waals surface area contributed by atoms with Crippen LogP contribution in [-0.2, 0) is 14.8 Å². The van der Waals surface area contributed by atoms with Gasteiger partial charge in [0.05, 0.1) is 24.7 Å². The van der Waals surface area contributed by atoms with Crippen LogP contribution in [0.25, 0.3) is 0 Å². The predicted molar refractivity (Wildman–Crippen MR) is 118 cm³/mol. The van der Waals surface area contributed by atoms with Gasteiger partial charge in [0.1, 0.15) is 18.5 Å². The van der Waals surface area contributed by atoms with Crippen molar-refractivity contribution in [3.05, 3.63) is 59.1 Å². The lowest BCUT2D eigenvalue weighted by Crippen LogP contribution is -2.43. The predicted octanol–water partition coefficient (Wildman–Crippen LogP) is 2.55. The van der Waals surface area contributed by atoms with E-state index in [0.29, 0.717) is 36.2 Å². The van der Waals surface area contributed by atoms with E-state index in [2.05, 4.69) is 4.90 Å². The number of hydrogen-bond acceptors (Lipinski definition) is 6. The summed E-state index contributed by atoms with van der Waals surface area (Å²) in [6, 6.07) is 14.3. The average Bonchev–Trinajstić information content (AvgIpc) is 2.72. The molecule has 0 spiro atoms. The van der Waals surface area contributed by atoms with E-state index < -0.39 is 16.1 Å². The summed E-state index contributed by atoms with van der Waals surface area (Å²) in [6.45, 7) is 2.60. The summed E-state index contributed by atoms with van der Waals surface area (Å²) in [4.78, 5) is 2.15. The molecule has 0 radical (unpaired) electrons. The zero-order valence-electron chi connectivity index (χ0n) is 17.1. The Hall–Kier alpha value is -1.84. The number of β-amino-alcohol motifs (C(OH)–C–C–N with tert-alkyl or cyclic N) is 1. The Morgan fingerprint density at radius 1 is 1.30 bits per heavy atom. The normalized spacial score (nSPS) is 18.7. The quantitative estimate of drug-likeness (QED) is 0.660. The molecule has 0 saturated carbocycles. The van der Waals surface area contributed by atoms with Crippen LogP contribution in [0.4, 0.5) is 5.69 Å². The fraction of sp³-hybridized carbons (Fsp3) is 0.429. The second kappa shape index (κ2) is 9.98. The topological polar surface area (TPSA) is 79.3 Å². The molecule has 1 heterocycles. The summed E-state index contributed by atoms with van der Waals surface area (Å²) in [7, 11) is -1.81. The molecule has 1 fully saturated rings. The van der Waals surface area contributed by atoms with Crippen molar-refractivity contribution in [3.8, 4) is 5.75 Å². The molecule has 0 aromatic heterocycles. The fourth-order valence-corrected chi connectivity index (χ4v) is 3.97. The van der Waals surface area contributed by atoms with E-state index in [1.54, 1.807) is 24.3 Å². The van der Waals surface area contributed by atoms with E-state index in [1.807, 2.05) is 24.3 Å². The first kappa shape index (κ1) is 22.8. The molecule has 1 N–H and O–H groups in total. The standard InChI is InChI=1S/C21H27ClN2O5S/c1-23(30(2,26)27)18-6-8-20(9-7-18)29-15-19(25)13-24-10-11-28-21(14-24)16-4-3-5-17(22)12-16/h3-9,12,19,21,25H,10-11,13-15H2,1-2H3/t19-,21+/m0/s1. The lowest BCUT2D eigenvalue weighted by Gasteiger charge is -2.34. The van der Waals surface area contributed by atoms with Crippen molar-refractivity contribution >= 4 is 27.3 Å². The lowest BCUT2D eigenvalue weighted by molar-refractivity contribution is -0.0459. The van der Waals surface area contributed by atoms with Gasteiger partial charge >= 0.3 is 0 Å². The number of nitrogens with zero attached hydrogens (tertiary/aromatic N) is 2. The van der Waals surface area contributed by atoms with Gasteiger partial charge in [0.25, 0.3) is 0 Å². The molecule has 1 aliphatic rings. The van der Waals surface area contributed by atoms with Crippen molar-refractivity contribution in [2.24, 2.45) is 0 Å². The van der Waals surface area contributed by atoms with Gasteiger partial charge in [-0.25, -0.2) is 8.42 Å². The molecule has 2 aromatic rings. The molecule has 0 bridgehead atoms. The maximum Gasteiger partial charge on any atom is 0.231 e. The highest BCUT2D eigenvalue weighted by atomic mass is 35.5. The Balaban J connectivity index is 1.49. The number of hydrogen-bond donors (Lipinski definition) is 1. The van der Waals surface area contributed by atoms with Crippen LogP contribution < -0.4 is 9.04 Å². The van der Waals surface area contributed by atoms with Crippen LogP contribution in [0.1, 0.15) is 11.7 Å². The Bertz CT molecular complexity index is 939. The van der Waals surface area contributed by atoms with Gasteiger partial charge in [-0.2, -0.15) is 0 Å². The second-order valence-corrected chi connectivity index (χ2v) is 9.81. The number of ether oxygens (including phenoxy) is 2. The van der Waals surface area contributed by atoms with E-state index in [-0.39, 0.29) is 12.7 Å². The minimum Gasteiger partial charge on any atom is -0.491 e. The van der Waals surface area contributed by atoms with Gasteiger partial charge in [-0.3, -0.25) is 9.21 Å². The van der Waals surface area contributed by atoms with Crippen LogP contribution in [0.2, 0.25) is 5.02 Å². The first-order valence-electron chi connectivity index (χ1n) is 9.66. The third kappa shape index (κ3) is 6.33. The van der Waals surface area contributed by atoms with Crippen LogP contribution in [0, 0.1) is 0 Å². The SMILES string of the molecule is CN(c1ccc(OC[C@@H](O)CN2CCO[C@@H](c3cccc(Cl)c3)C2)cc1)S(C)(=O)=O. The average molecular weight is 455 g/mol. The van der Waals surface area contributed by atoms with Crippen molar-refractivity contribution in [2.75, 3.05) is 50.5 Å². The molecule has 9 heteroatoms. The maximum atomic E-state index is 11.6. The van der Waals surface area contributed by atoms with Crippen molar-refractivity contribution in [1.29, 1.82) is 0 Å². The molecule has 2 atom stereocenters. The van der Waals surface area contributed by atoms with Gasteiger partial charge < -0.3 is 14.6 Å². The summed E-state index contributed by atoms with van der Waals surface area (Å²) in [6.07, 6.45) is 0.405. The highest BCUT2D eigenvalue weighted by Gasteiger charge is 2.24. The minimum atomic E-state index is -3.31. The van der Waals surface area contributed by atoms with E-state index in [4.69, 9.17) is 21.1 Å². The molecule has 1 aliphatic heterocycles. The fourth-order valence-electron chi connectivity index (χ4n) is 3.26. The number of benzene rings is 2. The Morgan fingerprint density at radius 2 is 2.03 bits per heavy atom. The zero-order chi connectivity index (χ0) is 21.7. The molecule has 30 heavy (non-hydrogen) atoms. The number of anilines is 1. The Kier molecular flexibility index (Phi) is 7.60. The molecule has 0 aliphatic carbocycles. The lowest BCUT2D eigenvalue weighted by atomic mass is 10.1. The molecular formula is C21H27ClN2O5S. The minimum absolute atomic E-state index is 0.0788. The van der Waals surface area contributed by atoms with E-state index in [1.165, 1.54) is 11.4 Å². The molecule has 164 valence electrons. The van der Waals surface area contributed by atoms with Crippen molar-refractivity contribution in [2.45, 2.75) is 12.2 Å². The number of aliphatic hydroxyl groups excluding tert-OH is 1. The monoisotopic (exact) mass is 454 g/mol. The van der Waals surface area contributed by atoms with Gasteiger partial charge in [0, 0.05) is 31.7 Å². The third-order valence-electron chi connectivity index (χ3n) is 4.98. The summed E-state index contributed by atoms with van der Waals surface area (Å²) in [5.74, 6) is 0.568. The van der Waals surface area contributed by atoms with Gasteiger partial charge in [-0.05, 0) is 42.0 Å². The number of aliphatic hydroxyl groups is 1. The molecular weight excluding hydrogens is 428 g/mol. The summed E-state index contributed by atoms with van der Waals surface area (Å²) < 4.78 is 35.9. The van der Waals surface area contributed by atoms with Crippen LogP contribution in [0.15, 0.2) is 48.5 Å². The number of sulfonamides is 1. The van der Waals surface area contributed by atoms with Gasteiger partial charge in [0.2, 0.25) is 10.0 Å². The van der Waals surface area contributed by atoms with Crippen molar-refractivity contribution in [3.63, 3.8) is 0 Å². The molecule has 1 saturated heterocycles. The van der Waals surface area contributed by atoms with E-state index >= 15 is 0 Å². The smallest absolute Gasteiger partial charge is 0.231 e. The van der Waals surface area contributed by atoms with Gasteiger partial charge in [-0.15, -0.1) is 0 Å². The summed E-state index contributed by atoms with van der Waals surface area (Å²) >= 11 is 6.08. The largest absolute Gasteiger partial charge is 0.491 e. The second-order valence-electron chi connectivity index (χ2n) is 7.36. The summed E-state index contributed by atoms with van der Waals surface area (Å²) in [5, 5.41) is 11.1. The molecule has 7 nitrogen and oxygen atoms in total. The van der Waals surface area contributed by atoms with Gasteiger partial charge in [-0.1, -0.05) is 23.7 Å². The summed E-state index contributed by atoms with van der Waals surface area (Å²) in [5.41, 5.74) is 1.57. The Labute approximate surface area is 182 Å². The maximum absolute atomic E-state index is 11.6. The van der Waals surface area contributed by atoms with Crippen LogP contribution in [0.3, 0.4) is 0 Å². The highest BCUT2D eigenvalue weighted by molar-refractivity contribution is 7.92. The number of morpholine rings is 1. The van der Waals surface area contributed by atoms with Crippen molar-refractivity contribution in [1.82, 2.24) is 4.90 Å². The molecule has 0 unspecified atom stereocenters. The first-order valence-corrected chi connectivity index (χ1v) is 11.9. The van der Waals surface area contributed by atoms with Crippen LogP contribution in [0.5, 0.6) is 5.75 Å².